The standard InChI is InChI=1S/C16H24N2O2/c1-10(2)20-16-7-12(4-5-14(16)17)18-8-11-3-6-15(19)13(11)9-18/h4-5,7,10-11,13,15,19H,3,6,8-9,17H2,1-2H3. The van der Waals surface area contributed by atoms with Crippen LogP contribution in [-0.2, 0) is 0 Å². The highest BCUT2D eigenvalue weighted by molar-refractivity contribution is 5.62. The Labute approximate surface area is 120 Å². The molecule has 2 fully saturated rings. The SMILES string of the molecule is CC(C)Oc1cc(N2CC3CCC(O)C3C2)ccc1N. The van der Waals surface area contributed by atoms with Gasteiger partial charge in [0.25, 0.3) is 0 Å². The molecule has 1 aromatic rings. The predicted octanol–water partition coefficient (Wildman–Crippen LogP) is 2.26. The van der Waals surface area contributed by atoms with Crippen molar-refractivity contribution in [3.63, 3.8) is 0 Å². The van der Waals surface area contributed by atoms with Gasteiger partial charge in [0.2, 0.25) is 0 Å². The minimum atomic E-state index is -0.120. The molecule has 3 unspecified atom stereocenters. The Bertz CT molecular complexity index is 489. The first kappa shape index (κ1) is 13.6. The molecule has 20 heavy (non-hydrogen) atoms. The average Bonchev–Trinajstić information content (AvgIpc) is 2.94. The van der Waals surface area contributed by atoms with Crippen molar-refractivity contribution in [1.82, 2.24) is 0 Å². The summed E-state index contributed by atoms with van der Waals surface area (Å²) >= 11 is 0. The molecule has 1 aliphatic heterocycles. The number of nitrogen functional groups attached to an aromatic ring is 1. The van der Waals surface area contributed by atoms with E-state index in [-0.39, 0.29) is 12.2 Å². The molecular formula is C16H24N2O2. The second-order valence-corrected chi connectivity index (χ2v) is 6.36. The number of nitrogens with zero attached hydrogens (tertiary/aromatic N) is 1. The lowest BCUT2D eigenvalue weighted by atomic mass is 10.00. The molecule has 3 rings (SSSR count). The van der Waals surface area contributed by atoms with Crippen molar-refractivity contribution < 1.29 is 9.84 Å². The topological polar surface area (TPSA) is 58.7 Å². The van der Waals surface area contributed by atoms with Gasteiger partial charge in [0, 0.05) is 30.8 Å². The fourth-order valence-corrected chi connectivity index (χ4v) is 3.52. The van der Waals surface area contributed by atoms with Crippen LogP contribution in [0, 0.1) is 11.8 Å². The summed E-state index contributed by atoms with van der Waals surface area (Å²) in [4.78, 5) is 2.35. The van der Waals surface area contributed by atoms with E-state index in [1.807, 2.05) is 26.0 Å². The summed E-state index contributed by atoms with van der Waals surface area (Å²) < 4.78 is 5.76. The maximum absolute atomic E-state index is 10.0. The Morgan fingerprint density at radius 1 is 1.30 bits per heavy atom. The van der Waals surface area contributed by atoms with Crippen LogP contribution in [0.15, 0.2) is 18.2 Å². The van der Waals surface area contributed by atoms with Gasteiger partial charge in [-0.3, -0.25) is 0 Å². The van der Waals surface area contributed by atoms with Gasteiger partial charge in [-0.1, -0.05) is 0 Å². The summed E-state index contributed by atoms with van der Waals surface area (Å²) in [6.45, 7) is 5.98. The molecule has 0 spiro atoms. The molecule has 0 amide bonds. The maximum Gasteiger partial charge on any atom is 0.144 e. The van der Waals surface area contributed by atoms with Gasteiger partial charge in [0.05, 0.1) is 17.9 Å². The lowest BCUT2D eigenvalue weighted by molar-refractivity contribution is 0.133. The van der Waals surface area contributed by atoms with Crippen LogP contribution < -0.4 is 15.4 Å². The monoisotopic (exact) mass is 276 g/mol. The molecule has 1 heterocycles. The smallest absolute Gasteiger partial charge is 0.144 e. The Kier molecular flexibility index (Phi) is 3.50. The molecule has 1 saturated heterocycles. The molecule has 1 aliphatic carbocycles. The van der Waals surface area contributed by atoms with Crippen LogP contribution in [0.2, 0.25) is 0 Å². The normalized spacial score (nSPS) is 29.0. The van der Waals surface area contributed by atoms with Crippen LogP contribution in [0.5, 0.6) is 5.75 Å². The van der Waals surface area contributed by atoms with Crippen molar-refractivity contribution in [3.05, 3.63) is 18.2 Å². The zero-order valence-corrected chi connectivity index (χ0v) is 12.2. The highest BCUT2D eigenvalue weighted by atomic mass is 16.5. The molecule has 1 saturated carbocycles. The molecule has 2 aliphatic rings. The highest BCUT2D eigenvalue weighted by Crippen LogP contribution is 2.41. The van der Waals surface area contributed by atoms with Crippen LogP contribution >= 0.6 is 0 Å². The molecule has 4 heteroatoms. The quantitative estimate of drug-likeness (QED) is 0.831. The number of benzene rings is 1. The van der Waals surface area contributed by atoms with Crippen molar-refractivity contribution in [1.29, 1.82) is 0 Å². The minimum absolute atomic E-state index is 0.118. The first-order valence-corrected chi connectivity index (χ1v) is 7.54. The minimum Gasteiger partial charge on any atom is -0.489 e. The number of aliphatic hydroxyl groups is 1. The third kappa shape index (κ3) is 2.44. The van der Waals surface area contributed by atoms with Gasteiger partial charge < -0.3 is 20.5 Å². The van der Waals surface area contributed by atoms with Crippen LogP contribution in [0.3, 0.4) is 0 Å². The van der Waals surface area contributed by atoms with Gasteiger partial charge in [-0.25, -0.2) is 0 Å². The Balaban J connectivity index is 1.78. The first-order valence-electron chi connectivity index (χ1n) is 7.54. The highest BCUT2D eigenvalue weighted by Gasteiger charge is 2.41. The second kappa shape index (κ2) is 5.17. The van der Waals surface area contributed by atoms with E-state index in [2.05, 4.69) is 11.0 Å². The summed E-state index contributed by atoms with van der Waals surface area (Å²) in [6, 6.07) is 6.00. The first-order chi connectivity index (χ1) is 9.54. The Morgan fingerprint density at radius 2 is 2.10 bits per heavy atom. The molecular weight excluding hydrogens is 252 g/mol. The molecule has 4 nitrogen and oxygen atoms in total. The molecule has 3 atom stereocenters. The summed E-state index contributed by atoms with van der Waals surface area (Å²) in [5.41, 5.74) is 7.80. The third-order valence-electron chi connectivity index (χ3n) is 4.54. The van der Waals surface area contributed by atoms with Crippen LogP contribution in [0.1, 0.15) is 26.7 Å². The van der Waals surface area contributed by atoms with Crippen molar-refractivity contribution in [2.24, 2.45) is 11.8 Å². The molecule has 0 radical (unpaired) electrons. The predicted molar refractivity (Wildman–Crippen MR) is 81.1 cm³/mol. The van der Waals surface area contributed by atoms with Crippen molar-refractivity contribution in [2.45, 2.75) is 38.9 Å². The van der Waals surface area contributed by atoms with Gasteiger partial charge in [0.15, 0.2) is 0 Å². The lowest BCUT2D eigenvalue weighted by Gasteiger charge is -2.22. The van der Waals surface area contributed by atoms with E-state index in [9.17, 15) is 5.11 Å². The molecule has 110 valence electrons. The van der Waals surface area contributed by atoms with E-state index in [1.165, 1.54) is 0 Å². The number of anilines is 2. The van der Waals surface area contributed by atoms with Crippen LogP contribution in [0.4, 0.5) is 11.4 Å². The summed E-state index contributed by atoms with van der Waals surface area (Å²) in [5, 5.41) is 10.0. The van der Waals surface area contributed by atoms with Crippen molar-refractivity contribution >= 4 is 11.4 Å². The number of fused-ring (bicyclic) bond motifs is 1. The van der Waals surface area contributed by atoms with E-state index in [0.29, 0.717) is 17.5 Å². The molecule has 3 N–H and O–H groups in total. The fourth-order valence-electron chi connectivity index (χ4n) is 3.52. The molecule has 1 aromatic carbocycles. The van der Waals surface area contributed by atoms with Gasteiger partial charge in [-0.2, -0.15) is 0 Å². The van der Waals surface area contributed by atoms with Gasteiger partial charge in [-0.05, 0) is 44.7 Å². The number of aliphatic hydroxyl groups excluding tert-OH is 1. The lowest BCUT2D eigenvalue weighted by Crippen LogP contribution is -2.24. The zero-order chi connectivity index (χ0) is 14.3. The van der Waals surface area contributed by atoms with E-state index in [1.54, 1.807) is 0 Å². The van der Waals surface area contributed by atoms with Crippen LogP contribution in [0.25, 0.3) is 0 Å². The Morgan fingerprint density at radius 3 is 2.80 bits per heavy atom. The van der Waals surface area contributed by atoms with Gasteiger partial charge in [-0.15, -0.1) is 0 Å². The van der Waals surface area contributed by atoms with E-state index < -0.39 is 0 Å². The molecule has 0 bridgehead atoms. The average molecular weight is 276 g/mol. The summed E-state index contributed by atoms with van der Waals surface area (Å²) in [5.74, 6) is 1.83. The largest absolute Gasteiger partial charge is 0.489 e. The van der Waals surface area contributed by atoms with Gasteiger partial charge in [0.1, 0.15) is 5.75 Å². The second-order valence-electron chi connectivity index (χ2n) is 6.36. The Hall–Kier alpha value is -1.42. The third-order valence-corrected chi connectivity index (χ3v) is 4.54. The van der Waals surface area contributed by atoms with E-state index in [0.717, 1.165) is 37.4 Å². The van der Waals surface area contributed by atoms with E-state index >= 15 is 0 Å². The molecule has 0 aromatic heterocycles. The van der Waals surface area contributed by atoms with Crippen LogP contribution in [-0.4, -0.2) is 30.4 Å². The van der Waals surface area contributed by atoms with Gasteiger partial charge >= 0.3 is 0 Å². The zero-order valence-electron chi connectivity index (χ0n) is 12.2. The number of ether oxygens (including phenoxy) is 1. The number of hydrogen-bond acceptors (Lipinski definition) is 4. The summed E-state index contributed by atoms with van der Waals surface area (Å²) in [7, 11) is 0. The number of hydrogen-bond donors (Lipinski definition) is 2. The fraction of sp³-hybridized carbons (Fsp3) is 0.625. The number of rotatable bonds is 3. The summed E-state index contributed by atoms with van der Waals surface area (Å²) in [6.07, 6.45) is 2.11. The van der Waals surface area contributed by atoms with Crippen molar-refractivity contribution in [2.75, 3.05) is 23.7 Å². The van der Waals surface area contributed by atoms with Crippen molar-refractivity contribution in [3.8, 4) is 5.75 Å². The van der Waals surface area contributed by atoms with E-state index in [4.69, 9.17) is 10.5 Å². The maximum atomic E-state index is 10.0. The number of nitrogens with two attached hydrogens (primary N) is 1.